The lowest BCUT2D eigenvalue weighted by Gasteiger charge is -2.31. The maximum atomic E-state index is 13.7. The van der Waals surface area contributed by atoms with E-state index in [0.29, 0.717) is 31.2 Å². The van der Waals surface area contributed by atoms with E-state index in [2.05, 4.69) is 4.72 Å². The lowest BCUT2D eigenvalue weighted by atomic mass is 9.85. The van der Waals surface area contributed by atoms with Crippen LogP contribution in [0.2, 0.25) is 0 Å². The number of alkyl halides is 1. The molecule has 0 bridgehead atoms. The van der Waals surface area contributed by atoms with Gasteiger partial charge in [0.1, 0.15) is 5.67 Å². The summed E-state index contributed by atoms with van der Waals surface area (Å²) < 4.78 is 40.9. The Morgan fingerprint density at radius 3 is 2.36 bits per heavy atom. The van der Waals surface area contributed by atoms with E-state index in [-0.39, 0.29) is 17.4 Å². The predicted octanol–water partition coefficient (Wildman–Crippen LogP) is 2.26. The SMILES string of the molecule is CC1(F)CCC(NS(=O)(=O)c2ccc(CC(=O)O)cc2)CC1. The Labute approximate surface area is 129 Å². The van der Waals surface area contributed by atoms with Gasteiger partial charge in [-0.2, -0.15) is 0 Å². The molecule has 1 saturated carbocycles. The van der Waals surface area contributed by atoms with Crippen molar-refractivity contribution in [3.63, 3.8) is 0 Å². The molecule has 0 radical (unpaired) electrons. The van der Waals surface area contributed by atoms with Crippen molar-refractivity contribution >= 4 is 16.0 Å². The van der Waals surface area contributed by atoms with Gasteiger partial charge in [0.15, 0.2) is 0 Å². The summed E-state index contributed by atoms with van der Waals surface area (Å²) in [5.74, 6) is -0.967. The average molecular weight is 329 g/mol. The van der Waals surface area contributed by atoms with E-state index in [1.165, 1.54) is 24.3 Å². The number of halogens is 1. The Hall–Kier alpha value is -1.47. The molecule has 0 heterocycles. The molecule has 22 heavy (non-hydrogen) atoms. The van der Waals surface area contributed by atoms with Gasteiger partial charge in [0.2, 0.25) is 10.0 Å². The van der Waals surface area contributed by atoms with Crippen LogP contribution in [0.3, 0.4) is 0 Å². The molecule has 122 valence electrons. The standard InChI is InChI=1S/C15H20FNO4S/c1-15(16)8-6-12(7-9-15)17-22(20,21)13-4-2-11(3-5-13)10-14(18)19/h2-5,12,17H,6-10H2,1H3,(H,18,19). The first kappa shape index (κ1) is 16.9. The molecule has 1 aromatic carbocycles. The van der Waals surface area contributed by atoms with E-state index in [1.807, 2.05) is 0 Å². The molecule has 0 unspecified atom stereocenters. The zero-order valence-corrected chi connectivity index (χ0v) is 13.2. The highest BCUT2D eigenvalue weighted by molar-refractivity contribution is 7.89. The highest BCUT2D eigenvalue weighted by Gasteiger charge is 2.32. The first-order chi connectivity index (χ1) is 10.2. The summed E-state index contributed by atoms with van der Waals surface area (Å²) in [4.78, 5) is 10.7. The van der Waals surface area contributed by atoms with E-state index in [0.717, 1.165) is 0 Å². The number of carboxylic acid groups (broad SMARTS) is 1. The van der Waals surface area contributed by atoms with Crippen LogP contribution in [0.4, 0.5) is 4.39 Å². The van der Waals surface area contributed by atoms with E-state index in [4.69, 9.17) is 5.11 Å². The highest BCUT2D eigenvalue weighted by atomic mass is 32.2. The van der Waals surface area contributed by atoms with Gasteiger partial charge < -0.3 is 5.11 Å². The maximum absolute atomic E-state index is 13.7. The third-order valence-corrected chi connectivity index (χ3v) is 5.48. The van der Waals surface area contributed by atoms with Crippen molar-refractivity contribution in [2.45, 2.75) is 55.6 Å². The van der Waals surface area contributed by atoms with Gasteiger partial charge in [-0.1, -0.05) is 12.1 Å². The minimum atomic E-state index is -3.66. The second-order valence-corrected chi connectivity index (χ2v) is 7.74. The van der Waals surface area contributed by atoms with Gasteiger partial charge in [-0.05, 0) is 50.3 Å². The van der Waals surface area contributed by atoms with Gasteiger partial charge in [0.05, 0.1) is 11.3 Å². The van der Waals surface area contributed by atoms with Crippen LogP contribution in [0.5, 0.6) is 0 Å². The van der Waals surface area contributed by atoms with E-state index in [9.17, 15) is 17.6 Å². The molecule has 0 spiro atoms. The summed E-state index contributed by atoms with van der Waals surface area (Å²) in [6.45, 7) is 1.54. The van der Waals surface area contributed by atoms with Gasteiger partial charge in [-0.3, -0.25) is 4.79 Å². The summed E-state index contributed by atoms with van der Waals surface area (Å²) in [7, 11) is -3.66. The van der Waals surface area contributed by atoms with Crippen LogP contribution in [0.25, 0.3) is 0 Å². The third-order valence-electron chi connectivity index (χ3n) is 3.94. The van der Waals surface area contributed by atoms with Gasteiger partial charge in [-0.25, -0.2) is 17.5 Å². The lowest BCUT2D eigenvalue weighted by Crippen LogP contribution is -2.40. The van der Waals surface area contributed by atoms with Crippen LogP contribution < -0.4 is 4.72 Å². The minimum absolute atomic E-state index is 0.0928. The van der Waals surface area contributed by atoms with Crippen LogP contribution in [-0.4, -0.2) is 31.2 Å². The second kappa shape index (κ2) is 6.34. The number of carbonyl (C=O) groups is 1. The molecule has 1 aliphatic rings. The first-order valence-corrected chi connectivity index (χ1v) is 8.68. The van der Waals surface area contributed by atoms with Crippen molar-refractivity contribution in [1.29, 1.82) is 0 Å². The maximum Gasteiger partial charge on any atom is 0.307 e. The van der Waals surface area contributed by atoms with Crippen molar-refractivity contribution in [2.75, 3.05) is 0 Å². The van der Waals surface area contributed by atoms with Gasteiger partial charge in [-0.15, -0.1) is 0 Å². The van der Waals surface area contributed by atoms with Crippen molar-refractivity contribution in [1.82, 2.24) is 4.72 Å². The molecular weight excluding hydrogens is 309 g/mol. The van der Waals surface area contributed by atoms with Gasteiger partial charge in [0, 0.05) is 6.04 Å². The number of benzene rings is 1. The largest absolute Gasteiger partial charge is 0.481 e. The summed E-state index contributed by atoms with van der Waals surface area (Å²) in [6, 6.07) is 5.50. The smallest absolute Gasteiger partial charge is 0.307 e. The van der Waals surface area contributed by atoms with E-state index < -0.39 is 21.7 Å². The molecule has 0 aromatic heterocycles. The Kier molecular flexibility index (Phi) is 4.87. The molecule has 1 fully saturated rings. The molecule has 1 aromatic rings. The fourth-order valence-electron chi connectivity index (χ4n) is 2.59. The molecule has 1 aliphatic carbocycles. The molecule has 0 amide bonds. The molecule has 7 heteroatoms. The highest BCUT2D eigenvalue weighted by Crippen LogP contribution is 2.31. The zero-order chi connectivity index (χ0) is 16.4. The summed E-state index contributed by atoms with van der Waals surface area (Å²) >= 11 is 0. The Balaban J connectivity index is 2.03. The number of sulfonamides is 1. The fraction of sp³-hybridized carbons (Fsp3) is 0.533. The normalized spacial score (nSPS) is 25.8. The van der Waals surface area contributed by atoms with Crippen LogP contribution in [0.15, 0.2) is 29.2 Å². The zero-order valence-electron chi connectivity index (χ0n) is 12.4. The molecule has 0 atom stereocenters. The summed E-state index contributed by atoms with van der Waals surface area (Å²) in [5, 5.41) is 8.69. The number of hydrogen-bond acceptors (Lipinski definition) is 3. The van der Waals surface area contributed by atoms with E-state index >= 15 is 0 Å². The molecule has 0 aliphatic heterocycles. The Morgan fingerprint density at radius 1 is 1.32 bits per heavy atom. The third kappa shape index (κ3) is 4.51. The van der Waals surface area contributed by atoms with Crippen LogP contribution >= 0.6 is 0 Å². The number of hydrogen-bond donors (Lipinski definition) is 2. The Bertz CT molecular complexity index is 630. The molecule has 2 N–H and O–H groups in total. The summed E-state index contributed by atoms with van der Waals surface area (Å²) in [5.41, 5.74) is -0.669. The topological polar surface area (TPSA) is 83.5 Å². The second-order valence-electron chi connectivity index (χ2n) is 6.02. The predicted molar refractivity (Wildman–Crippen MR) is 79.9 cm³/mol. The van der Waals surface area contributed by atoms with E-state index in [1.54, 1.807) is 6.92 Å². The molecule has 2 rings (SSSR count). The lowest BCUT2D eigenvalue weighted by molar-refractivity contribution is -0.136. The average Bonchev–Trinajstić information content (AvgIpc) is 2.41. The van der Waals surface area contributed by atoms with Crippen molar-refractivity contribution < 1.29 is 22.7 Å². The van der Waals surface area contributed by atoms with Gasteiger partial charge in [0.25, 0.3) is 0 Å². The summed E-state index contributed by atoms with van der Waals surface area (Å²) in [6.07, 6.45) is 1.49. The Morgan fingerprint density at radius 2 is 1.86 bits per heavy atom. The van der Waals surface area contributed by atoms with Crippen molar-refractivity contribution in [2.24, 2.45) is 0 Å². The fourth-order valence-corrected chi connectivity index (χ4v) is 3.89. The molecular formula is C15H20FNO4S. The molecule has 5 nitrogen and oxygen atoms in total. The number of nitrogens with one attached hydrogen (secondary N) is 1. The quantitative estimate of drug-likeness (QED) is 0.868. The van der Waals surface area contributed by atoms with Gasteiger partial charge >= 0.3 is 5.97 Å². The van der Waals surface area contributed by atoms with Crippen LogP contribution in [0, 0.1) is 0 Å². The number of carboxylic acids is 1. The number of rotatable bonds is 5. The first-order valence-electron chi connectivity index (χ1n) is 7.20. The van der Waals surface area contributed by atoms with Crippen molar-refractivity contribution in [3.8, 4) is 0 Å². The van der Waals surface area contributed by atoms with Crippen LogP contribution in [0.1, 0.15) is 38.2 Å². The minimum Gasteiger partial charge on any atom is -0.481 e. The molecule has 0 saturated heterocycles. The number of aliphatic carboxylic acids is 1. The van der Waals surface area contributed by atoms with Crippen molar-refractivity contribution in [3.05, 3.63) is 29.8 Å². The van der Waals surface area contributed by atoms with Crippen LogP contribution in [-0.2, 0) is 21.2 Å². The monoisotopic (exact) mass is 329 g/mol.